The number of hydrogen-bond donors (Lipinski definition) is 2. The number of carbonyl (C=O) groups is 1. The van der Waals surface area contributed by atoms with Gasteiger partial charge in [0.25, 0.3) is 11.4 Å². The predicted molar refractivity (Wildman–Crippen MR) is 250 cm³/mol. The Kier molecular flexibility index (Phi) is 14.8. The molecule has 68 heavy (non-hydrogen) atoms. The van der Waals surface area contributed by atoms with Crippen molar-refractivity contribution in [2.45, 2.75) is 69.2 Å². The van der Waals surface area contributed by atoms with E-state index < -0.39 is 33.5 Å². The first-order valence-electron chi connectivity index (χ1n) is 22.7. The molecule has 2 aliphatic carbocycles. The Morgan fingerprint density at radius 1 is 0.897 bits per heavy atom. The van der Waals surface area contributed by atoms with E-state index in [1.54, 1.807) is 59.5 Å². The van der Waals surface area contributed by atoms with Gasteiger partial charge in [0.2, 0.25) is 18.5 Å². The van der Waals surface area contributed by atoms with Gasteiger partial charge in [-0.05, 0) is 109 Å². The van der Waals surface area contributed by atoms with Gasteiger partial charge >= 0.3 is 0 Å². The van der Waals surface area contributed by atoms with Crippen molar-refractivity contribution in [3.05, 3.63) is 152 Å². The third-order valence-electron chi connectivity index (χ3n) is 13.1. The highest BCUT2D eigenvalue weighted by molar-refractivity contribution is 6.03. The Labute approximate surface area is 393 Å². The molecule has 17 heteroatoms. The van der Waals surface area contributed by atoms with E-state index in [4.69, 9.17) is 28.5 Å². The number of aliphatic hydroxyl groups is 2. The number of ether oxygens (including phenoxy) is 5. The van der Waals surface area contributed by atoms with Gasteiger partial charge in [-0.1, -0.05) is 42.3 Å². The highest BCUT2D eigenvalue weighted by Gasteiger charge is 2.65. The molecular weight excluding hydrogens is 877 g/mol. The molecule has 8 rings (SSSR count). The number of non-ortho nitro benzene ring substituents is 2. The first kappa shape index (κ1) is 47.4. The Hall–Kier alpha value is -7.08. The van der Waals surface area contributed by atoms with Crippen LogP contribution in [0.5, 0.6) is 28.7 Å². The molecule has 4 aromatic carbocycles. The zero-order chi connectivity index (χ0) is 47.8. The van der Waals surface area contributed by atoms with Crippen molar-refractivity contribution in [2.75, 3.05) is 33.7 Å². The first-order chi connectivity index (χ1) is 33.1. The summed E-state index contributed by atoms with van der Waals surface area (Å²) in [5.41, 5.74) is 3.30. The summed E-state index contributed by atoms with van der Waals surface area (Å²) in [5.74, 6) is -0.850. The molecular formula is C51H54N4O13. The smallest absolute Gasteiger partial charge is 0.273 e. The van der Waals surface area contributed by atoms with E-state index in [9.17, 15) is 30.4 Å². The molecule has 0 bridgehead atoms. The van der Waals surface area contributed by atoms with Crippen LogP contribution in [0.25, 0.3) is 6.08 Å². The average Bonchev–Trinajstić information content (AvgIpc) is 3.82. The fourth-order valence-corrected chi connectivity index (χ4v) is 10.2. The largest absolute Gasteiger partial charge is 0.459 e. The van der Waals surface area contributed by atoms with E-state index in [1.165, 1.54) is 37.5 Å². The van der Waals surface area contributed by atoms with Crippen molar-refractivity contribution in [1.29, 1.82) is 0 Å². The molecule has 0 aromatic heterocycles. The number of fused-ring (bicyclic) bond motifs is 3. The number of benzene rings is 4. The summed E-state index contributed by atoms with van der Waals surface area (Å²) in [5, 5.41) is 47.7. The first-order valence-corrected chi connectivity index (χ1v) is 22.7. The van der Waals surface area contributed by atoms with Crippen molar-refractivity contribution in [1.82, 2.24) is 4.90 Å². The Bertz CT molecular complexity index is 2600. The Balaban J connectivity index is 1.32. The van der Waals surface area contributed by atoms with Gasteiger partial charge in [0.15, 0.2) is 11.5 Å². The van der Waals surface area contributed by atoms with Crippen LogP contribution in [0.15, 0.2) is 120 Å². The minimum Gasteiger partial charge on any atom is -0.459 e. The number of oxime groups is 1. The molecule has 2 aliphatic heterocycles. The summed E-state index contributed by atoms with van der Waals surface area (Å²) >= 11 is 0. The number of unbranched alkanes of at least 4 members (excludes halogenated alkanes) is 2. The number of nitro benzene ring substituents is 2. The lowest BCUT2D eigenvalue weighted by Crippen LogP contribution is -2.70. The van der Waals surface area contributed by atoms with E-state index in [0.717, 1.165) is 29.5 Å². The molecule has 6 unspecified atom stereocenters. The van der Waals surface area contributed by atoms with Gasteiger partial charge in [-0.3, -0.25) is 25.0 Å². The fourth-order valence-electron chi connectivity index (χ4n) is 10.2. The third kappa shape index (κ3) is 9.95. The molecule has 356 valence electrons. The zero-order valence-electron chi connectivity index (χ0n) is 37.6. The average molecular weight is 931 g/mol. The van der Waals surface area contributed by atoms with E-state index in [0.29, 0.717) is 60.0 Å². The summed E-state index contributed by atoms with van der Waals surface area (Å²) in [6.07, 6.45) is 11.1. The van der Waals surface area contributed by atoms with E-state index in [2.05, 4.69) is 17.8 Å². The number of rotatable bonds is 21. The summed E-state index contributed by atoms with van der Waals surface area (Å²) in [6, 6.07) is 21.9. The van der Waals surface area contributed by atoms with Crippen LogP contribution in [-0.4, -0.2) is 82.1 Å². The lowest BCUT2D eigenvalue weighted by atomic mass is 9.55. The lowest BCUT2D eigenvalue weighted by Gasteiger charge is -2.60. The van der Waals surface area contributed by atoms with Crippen LogP contribution in [0.4, 0.5) is 11.4 Å². The monoisotopic (exact) mass is 930 g/mol. The number of nitrogens with zero attached hydrogens (tertiary/aromatic N) is 4. The summed E-state index contributed by atoms with van der Waals surface area (Å²) in [4.78, 5) is 44.6. The quantitative estimate of drug-likeness (QED) is 0.0263. The van der Waals surface area contributed by atoms with Gasteiger partial charge in [-0.2, -0.15) is 0 Å². The molecule has 17 nitrogen and oxygen atoms in total. The maximum absolute atomic E-state index is 15.2. The highest BCUT2D eigenvalue weighted by Crippen LogP contribution is 2.62. The standard InChI is InChI=1S/C51H54N4O13/c1-3-25-66-51-47(53(31-34-15-20-45-46(26-34)65-32-64-45)48(58)22-16-33-13-17-36(18-14-33)54(59)60)30-43(52-63-2)41-27-35(9-4-6-23-56)40(12-5-7-24-57)49(50(41)51)42-29-39(19-21-44(42)68-51)67-38-11-8-10-37(28-38)55(61)62/h3,8,10-11,13-22,26-29,35,40,47,49-50,56-57H,1,4-7,9,12,23-25,30-32H2,2H3. The molecule has 1 amide bonds. The summed E-state index contributed by atoms with van der Waals surface area (Å²) in [7, 11) is 1.47. The fraction of sp³-hybridized carbons (Fsp3) is 0.373. The lowest BCUT2D eigenvalue weighted by molar-refractivity contribution is -0.385. The van der Waals surface area contributed by atoms with Crippen molar-refractivity contribution in [3.63, 3.8) is 0 Å². The van der Waals surface area contributed by atoms with Crippen molar-refractivity contribution in [3.8, 4) is 28.7 Å². The molecule has 2 heterocycles. The third-order valence-corrected chi connectivity index (χ3v) is 13.1. The van der Waals surface area contributed by atoms with E-state index in [1.807, 2.05) is 18.2 Å². The van der Waals surface area contributed by atoms with Crippen LogP contribution in [0, 0.1) is 38.0 Å². The molecule has 0 spiro atoms. The molecule has 6 atom stereocenters. The number of amides is 1. The van der Waals surface area contributed by atoms with Gasteiger partial charge in [0.05, 0.1) is 34.1 Å². The second-order valence-electron chi connectivity index (χ2n) is 17.1. The number of allylic oxidation sites excluding steroid dienone is 1. The van der Waals surface area contributed by atoms with Crippen LogP contribution in [0.3, 0.4) is 0 Å². The number of nitro groups is 2. The second-order valence-corrected chi connectivity index (χ2v) is 17.1. The van der Waals surface area contributed by atoms with Gasteiger partial charge < -0.3 is 43.6 Å². The second kappa shape index (κ2) is 21.3. The van der Waals surface area contributed by atoms with Crippen molar-refractivity contribution < 1.29 is 53.4 Å². The molecule has 0 radical (unpaired) electrons. The van der Waals surface area contributed by atoms with Gasteiger partial charge in [-0.15, -0.1) is 6.58 Å². The van der Waals surface area contributed by atoms with Gasteiger partial charge in [-0.25, -0.2) is 0 Å². The summed E-state index contributed by atoms with van der Waals surface area (Å²) in [6.45, 7) is 4.21. The number of aliphatic hydroxyl groups excluding tert-OH is 2. The van der Waals surface area contributed by atoms with E-state index >= 15 is 4.79 Å². The topological polar surface area (TPSA) is 215 Å². The minimum atomic E-state index is -1.59. The number of hydrogen-bond acceptors (Lipinski definition) is 14. The van der Waals surface area contributed by atoms with Crippen molar-refractivity contribution >= 4 is 29.1 Å². The van der Waals surface area contributed by atoms with Crippen LogP contribution in [-0.2, 0) is 20.9 Å². The SMILES string of the molecule is C=CCOC12Oc3ccc(Oc4cccc([N+](=O)[O-])c4)cc3C3C(CCCCO)C(CCCCO)C=C(C(=NOC)CC1N(Cc1ccc4c(c1)OCO4)C(=O)C=Cc1ccc([N+](=O)[O-])cc1)C32. The number of carbonyl (C=O) groups excluding carboxylic acids is 1. The van der Waals surface area contributed by atoms with Crippen LogP contribution < -0.4 is 18.9 Å². The Morgan fingerprint density at radius 3 is 2.37 bits per heavy atom. The predicted octanol–water partition coefficient (Wildman–Crippen LogP) is 9.03. The van der Waals surface area contributed by atoms with Crippen LogP contribution in [0.1, 0.15) is 67.6 Å². The molecule has 1 fully saturated rings. The minimum absolute atomic E-state index is 0.0153. The maximum Gasteiger partial charge on any atom is 0.273 e. The zero-order valence-corrected chi connectivity index (χ0v) is 37.6. The van der Waals surface area contributed by atoms with E-state index in [-0.39, 0.29) is 74.5 Å². The normalized spacial score (nSPS) is 22.7. The molecule has 4 aliphatic rings. The molecule has 2 N–H and O–H groups in total. The molecule has 1 saturated carbocycles. The molecule has 0 saturated heterocycles. The summed E-state index contributed by atoms with van der Waals surface area (Å²) < 4.78 is 32.2. The van der Waals surface area contributed by atoms with Crippen molar-refractivity contribution in [2.24, 2.45) is 22.9 Å². The van der Waals surface area contributed by atoms with Crippen LogP contribution >= 0.6 is 0 Å². The molecule has 4 aromatic rings. The Morgan fingerprint density at radius 2 is 1.63 bits per heavy atom. The maximum atomic E-state index is 15.2. The van der Waals surface area contributed by atoms with Crippen LogP contribution in [0.2, 0.25) is 0 Å². The highest BCUT2D eigenvalue weighted by atomic mass is 16.7. The van der Waals surface area contributed by atoms with Gasteiger partial charge in [0.1, 0.15) is 30.4 Å². The van der Waals surface area contributed by atoms with Gasteiger partial charge in [0, 0.05) is 61.9 Å².